The van der Waals surface area contributed by atoms with E-state index in [1.807, 2.05) is 24.3 Å². The van der Waals surface area contributed by atoms with Crippen molar-refractivity contribution in [3.8, 4) is 5.75 Å². The topological polar surface area (TPSA) is 119 Å². The Kier molecular flexibility index (Phi) is 7.76. The van der Waals surface area contributed by atoms with Crippen molar-refractivity contribution >= 4 is 27.3 Å². The molecule has 162 valence electrons. The maximum Gasteiger partial charge on any atom is 0.274 e. The first-order valence-electron chi connectivity index (χ1n) is 9.25. The molecule has 0 saturated carbocycles. The van der Waals surface area contributed by atoms with Gasteiger partial charge in [0.1, 0.15) is 12.3 Å². The van der Waals surface area contributed by atoms with E-state index in [4.69, 9.17) is 4.74 Å². The van der Waals surface area contributed by atoms with Gasteiger partial charge in [-0.1, -0.05) is 24.3 Å². The van der Waals surface area contributed by atoms with Gasteiger partial charge in [0.2, 0.25) is 15.9 Å². The molecule has 1 N–H and O–H groups in total. The molecule has 0 bridgehead atoms. The van der Waals surface area contributed by atoms with Gasteiger partial charge in [-0.25, -0.2) is 8.42 Å². The van der Waals surface area contributed by atoms with Crippen LogP contribution in [0.3, 0.4) is 0 Å². The van der Waals surface area contributed by atoms with Crippen LogP contribution in [0.25, 0.3) is 0 Å². The minimum Gasteiger partial charge on any atom is -0.496 e. The number of hydrogen-bond donors (Lipinski definition) is 1. The molecular formula is C20H25N3O6S. The summed E-state index contributed by atoms with van der Waals surface area (Å²) in [4.78, 5) is 22.9. The highest BCUT2D eigenvalue weighted by molar-refractivity contribution is 7.92. The highest BCUT2D eigenvalue weighted by Crippen LogP contribution is 2.29. The van der Waals surface area contributed by atoms with E-state index in [9.17, 15) is 23.3 Å². The lowest BCUT2D eigenvalue weighted by Crippen LogP contribution is -2.41. The summed E-state index contributed by atoms with van der Waals surface area (Å²) < 4.78 is 30.7. The normalized spacial score (nSPS) is 11.0. The molecule has 0 unspecified atom stereocenters. The molecule has 0 aromatic heterocycles. The fourth-order valence-corrected chi connectivity index (χ4v) is 3.97. The van der Waals surface area contributed by atoms with E-state index in [0.717, 1.165) is 21.9 Å². The Morgan fingerprint density at radius 2 is 1.90 bits per heavy atom. The third-order valence-electron chi connectivity index (χ3n) is 4.57. The Morgan fingerprint density at radius 1 is 1.20 bits per heavy atom. The fraction of sp³-hybridized carbons (Fsp3) is 0.350. The Balaban J connectivity index is 2.03. The van der Waals surface area contributed by atoms with Gasteiger partial charge in [0.25, 0.3) is 5.69 Å². The van der Waals surface area contributed by atoms with Crippen LogP contribution >= 0.6 is 0 Å². The van der Waals surface area contributed by atoms with Crippen molar-refractivity contribution in [2.24, 2.45) is 0 Å². The minimum absolute atomic E-state index is 0.107. The molecule has 0 radical (unpaired) electrons. The number of para-hydroxylation sites is 1. The first-order valence-corrected chi connectivity index (χ1v) is 11.1. The summed E-state index contributed by atoms with van der Waals surface area (Å²) in [5.41, 5.74) is 1.09. The molecule has 9 nitrogen and oxygen atoms in total. The molecular weight excluding hydrogens is 410 g/mol. The van der Waals surface area contributed by atoms with Crippen LogP contribution in [0.2, 0.25) is 0 Å². The lowest BCUT2D eigenvalue weighted by Gasteiger charge is -2.23. The third-order valence-corrected chi connectivity index (χ3v) is 5.69. The first kappa shape index (κ1) is 23.1. The Hall–Kier alpha value is -3.14. The minimum atomic E-state index is -3.83. The van der Waals surface area contributed by atoms with Crippen LogP contribution in [-0.2, 0) is 21.2 Å². The maximum atomic E-state index is 12.4. The van der Waals surface area contributed by atoms with E-state index < -0.39 is 27.4 Å². The quantitative estimate of drug-likeness (QED) is 0.348. The van der Waals surface area contributed by atoms with Gasteiger partial charge in [0.05, 0.1) is 29.5 Å². The number of nitro groups is 1. The standard InChI is InChI=1S/C20H25N3O6S/c1-15-17(10-6-11-18(15)23(25)26)22(30(3,27)28)14-20(24)21-13-7-9-16-8-4-5-12-19(16)29-2/h4-6,8,10-12H,7,9,13-14H2,1-3H3,(H,21,24). The van der Waals surface area contributed by atoms with E-state index >= 15 is 0 Å². The number of nitrogens with zero attached hydrogens (tertiary/aromatic N) is 2. The molecule has 10 heteroatoms. The van der Waals surface area contributed by atoms with Gasteiger partial charge in [-0.05, 0) is 37.5 Å². The molecule has 0 saturated heterocycles. The van der Waals surface area contributed by atoms with Crippen molar-refractivity contribution in [3.63, 3.8) is 0 Å². The number of rotatable bonds is 10. The predicted molar refractivity (Wildman–Crippen MR) is 114 cm³/mol. The fourth-order valence-electron chi connectivity index (χ4n) is 3.06. The van der Waals surface area contributed by atoms with Gasteiger partial charge in [0, 0.05) is 12.6 Å². The molecule has 0 aliphatic heterocycles. The summed E-state index contributed by atoms with van der Waals surface area (Å²) in [6.07, 6.45) is 2.28. The highest BCUT2D eigenvalue weighted by Gasteiger charge is 2.25. The molecule has 30 heavy (non-hydrogen) atoms. The SMILES string of the molecule is COc1ccccc1CCCNC(=O)CN(c1cccc([N+](=O)[O-])c1C)S(C)(=O)=O. The summed E-state index contributed by atoms with van der Waals surface area (Å²) >= 11 is 0. The molecule has 0 atom stereocenters. The average Bonchev–Trinajstić information content (AvgIpc) is 2.69. The number of hydrogen-bond acceptors (Lipinski definition) is 6. The van der Waals surface area contributed by atoms with E-state index in [1.54, 1.807) is 7.11 Å². The number of aryl methyl sites for hydroxylation is 1. The van der Waals surface area contributed by atoms with Gasteiger partial charge < -0.3 is 10.1 Å². The Labute approximate surface area is 175 Å². The number of ether oxygens (including phenoxy) is 1. The summed E-state index contributed by atoms with van der Waals surface area (Å²) in [5, 5.41) is 13.9. The van der Waals surface area contributed by atoms with Crippen molar-refractivity contribution in [3.05, 3.63) is 63.7 Å². The summed E-state index contributed by atoms with van der Waals surface area (Å²) in [6, 6.07) is 11.7. The largest absolute Gasteiger partial charge is 0.496 e. The number of carbonyl (C=O) groups excluding carboxylic acids is 1. The van der Waals surface area contributed by atoms with Gasteiger partial charge in [-0.15, -0.1) is 0 Å². The number of methoxy groups -OCH3 is 1. The second-order valence-corrected chi connectivity index (χ2v) is 8.62. The monoisotopic (exact) mass is 435 g/mol. The second kappa shape index (κ2) is 10.1. The molecule has 0 aliphatic carbocycles. The van der Waals surface area contributed by atoms with Crippen LogP contribution in [0.1, 0.15) is 17.5 Å². The van der Waals surface area contributed by atoms with Crippen LogP contribution < -0.4 is 14.4 Å². The summed E-state index contributed by atoms with van der Waals surface area (Å²) in [5.74, 6) is 0.277. The van der Waals surface area contributed by atoms with Crippen LogP contribution in [0.15, 0.2) is 42.5 Å². The number of nitro benzene ring substituents is 1. The van der Waals surface area contributed by atoms with Crippen LogP contribution in [0.5, 0.6) is 5.75 Å². The number of amides is 1. The average molecular weight is 436 g/mol. The number of carbonyl (C=O) groups is 1. The molecule has 0 fully saturated rings. The van der Waals surface area contributed by atoms with E-state index in [-0.39, 0.29) is 16.9 Å². The van der Waals surface area contributed by atoms with Crippen LogP contribution in [-0.4, -0.2) is 45.7 Å². The van der Waals surface area contributed by atoms with Gasteiger partial charge in [-0.3, -0.25) is 19.2 Å². The summed E-state index contributed by atoms with van der Waals surface area (Å²) in [6.45, 7) is 1.34. The number of anilines is 1. The van der Waals surface area contributed by atoms with E-state index in [0.29, 0.717) is 19.4 Å². The van der Waals surface area contributed by atoms with Gasteiger partial charge in [-0.2, -0.15) is 0 Å². The molecule has 2 aromatic rings. The summed E-state index contributed by atoms with van der Waals surface area (Å²) in [7, 11) is -2.23. The number of nitrogens with one attached hydrogen (secondary N) is 1. The zero-order chi connectivity index (χ0) is 22.3. The second-order valence-electron chi connectivity index (χ2n) is 6.71. The van der Waals surface area contributed by atoms with E-state index in [1.165, 1.54) is 25.1 Å². The van der Waals surface area contributed by atoms with Crippen LogP contribution in [0, 0.1) is 17.0 Å². The van der Waals surface area contributed by atoms with Gasteiger partial charge >= 0.3 is 0 Å². The van der Waals surface area contributed by atoms with E-state index in [2.05, 4.69) is 5.32 Å². The molecule has 1 amide bonds. The molecule has 0 spiro atoms. The zero-order valence-corrected chi connectivity index (χ0v) is 17.9. The molecule has 0 heterocycles. The molecule has 2 aromatic carbocycles. The Bertz CT molecular complexity index is 1020. The van der Waals surface area contributed by atoms with Crippen molar-refractivity contribution in [1.82, 2.24) is 5.32 Å². The van der Waals surface area contributed by atoms with Gasteiger partial charge in [0.15, 0.2) is 0 Å². The highest BCUT2D eigenvalue weighted by atomic mass is 32.2. The lowest BCUT2D eigenvalue weighted by molar-refractivity contribution is -0.385. The first-order chi connectivity index (χ1) is 14.1. The predicted octanol–water partition coefficient (Wildman–Crippen LogP) is 2.43. The third kappa shape index (κ3) is 5.93. The smallest absolute Gasteiger partial charge is 0.274 e. The number of sulfonamides is 1. The zero-order valence-electron chi connectivity index (χ0n) is 17.1. The number of benzene rings is 2. The van der Waals surface area contributed by atoms with Crippen LogP contribution in [0.4, 0.5) is 11.4 Å². The van der Waals surface area contributed by atoms with Crippen molar-refractivity contribution in [2.45, 2.75) is 19.8 Å². The van der Waals surface area contributed by atoms with Crippen molar-refractivity contribution in [2.75, 3.05) is 30.8 Å². The Morgan fingerprint density at radius 3 is 2.53 bits per heavy atom. The van der Waals surface area contributed by atoms with Crippen molar-refractivity contribution < 1.29 is 22.9 Å². The van der Waals surface area contributed by atoms with Crippen molar-refractivity contribution in [1.29, 1.82) is 0 Å². The molecule has 0 aliphatic rings. The lowest BCUT2D eigenvalue weighted by atomic mass is 10.1. The molecule has 2 rings (SSSR count). The maximum absolute atomic E-state index is 12.4.